The Balaban J connectivity index is 1.39. The predicted octanol–water partition coefficient (Wildman–Crippen LogP) is 3.60. The van der Waals surface area contributed by atoms with Crippen molar-refractivity contribution in [3.8, 4) is 0 Å². The molecule has 2 aromatic carbocycles. The predicted molar refractivity (Wildman–Crippen MR) is 111 cm³/mol. The zero-order valence-corrected chi connectivity index (χ0v) is 16.7. The molecule has 3 nitrogen and oxygen atoms in total. The lowest BCUT2D eigenvalue weighted by molar-refractivity contribution is -0.940. The molecule has 0 saturated carbocycles. The summed E-state index contributed by atoms with van der Waals surface area (Å²) in [5, 5.41) is 0. The molecule has 3 atom stereocenters. The summed E-state index contributed by atoms with van der Waals surface area (Å²) in [6.45, 7) is 3.21. The average molecular weight is 379 g/mol. The summed E-state index contributed by atoms with van der Waals surface area (Å²) in [7, 11) is 0. The molecule has 2 saturated heterocycles. The van der Waals surface area contributed by atoms with Crippen LogP contribution in [-0.2, 0) is 9.53 Å². The summed E-state index contributed by atoms with van der Waals surface area (Å²) in [6, 6.07) is 21.3. The van der Waals surface area contributed by atoms with E-state index in [1.807, 2.05) is 36.4 Å². The summed E-state index contributed by atoms with van der Waals surface area (Å²) in [5.74, 6) is 0.526. The first-order chi connectivity index (χ1) is 13.8. The van der Waals surface area contributed by atoms with Crippen LogP contribution in [0, 0.1) is 5.92 Å². The van der Waals surface area contributed by atoms with Crippen molar-refractivity contribution in [2.45, 2.75) is 50.5 Å². The van der Waals surface area contributed by atoms with Gasteiger partial charge in [-0.15, -0.1) is 0 Å². The smallest absolute Gasteiger partial charge is 0.306 e. The summed E-state index contributed by atoms with van der Waals surface area (Å²) >= 11 is 0. The molecule has 148 valence electrons. The summed E-state index contributed by atoms with van der Waals surface area (Å²) in [4.78, 5) is 14.5. The fourth-order valence-electron chi connectivity index (χ4n) is 5.20. The Bertz CT molecular complexity index is 704. The molecule has 0 amide bonds. The number of benzene rings is 2. The number of piperidine rings is 2. The van der Waals surface area contributed by atoms with Gasteiger partial charge in [-0.2, -0.15) is 0 Å². The summed E-state index contributed by atoms with van der Waals surface area (Å²) in [6.07, 6.45) is 6.88. The Morgan fingerprint density at radius 2 is 1.54 bits per heavy atom. The van der Waals surface area contributed by atoms with Crippen molar-refractivity contribution in [2.24, 2.45) is 5.92 Å². The second kappa shape index (κ2) is 9.38. The third-order valence-electron chi connectivity index (χ3n) is 6.66. The van der Waals surface area contributed by atoms with Crippen molar-refractivity contribution < 1.29 is 14.4 Å². The van der Waals surface area contributed by atoms with E-state index in [9.17, 15) is 4.79 Å². The van der Waals surface area contributed by atoms with Gasteiger partial charge in [0.25, 0.3) is 0 Å². The van der Waals surface area contributed by atoms with Crippen LogP contribution in [0.25, 0.3) is 0 Å². The van der Waals surface area contributed by atoms with E-state index < -0.39 is 0 Å². The number of fused-ring (bicyclic) bond motifs is 1. The number of rotatable bonds is 6. The molecule has 3 heteroatoms. The van der Waals surface area contributed by atoms with Gasteiger partial charge in [0.2, 0.25) is 0 Å². The molecule has 2 heterocycles. The molecule has 0 spiro atoms. The van der Waals surface area contributed by atoms with Crippen LogP contribution in [0.3, 0.4) is 0 Å². The van der Waals surface area contributed by atoms with Crippen LogP contribution in [0.4, 0.5) is 0 Å². The Labute approximate surface area is 168 Å². The van der Waals surface area contributed by atoms with E-state index >= 15 is 0 Å². The molecule has 2 fully saturated rings. The van der Waals surface area contributed by atoms with Crippen LogP contribution >= 0.6 is 0 Å². The first-order valence-electron chi connectivity index (χ1n) is 10.9. The van der Waals surface area contributed by atoms with E-state index in [2.05, 4.69) is 24.3 Å². The van der Waals surface area contributed by atoms with Gasteiger partial charge in [-0.05, 0) is 43.2 Å². The fraction of sp³-hybridized carbons (Fsp3) is 0.480. The van der Waals surface area contributed by atoms with Gasteiger partial charge in [0.05, 0.1) is 32.2 Å². The number of carbonyl (C=O) groups is 1. The molecular weight excluding hydrogens is 346 g/mol. The maximum atomic E-state index is 12.8. The zero-order chi connectivity index (χ0) is 19.2. The second-order valence-electron chi connectivity index (χ2n) is 8.42. The Morgan fingerprint density at radius 1 is 0.893 bits per heavy atom. The molecule has 2 aliphatic rings. The largest absolute Gasteiger partial charge is 0.465 e. The number of hydrogen-bond acceptors (Lipinski definition) is 2. The van der Waals surface area contributed by atoms with Crippen molar-refractivity contribution in [1.29, 1.82) is 0 Å². The molecule has 1 unspecified atom stereocenters. The average Bonchev–Trinajstić information content (AvgIpc) is 2.77. The van der Waals surface area contributed by atoms with Crippen LogP contribution in [0.5, 0.6) is 0 Å². The van der Waals surface area contributed by atoms with Gasteiger partial charge in [0.15, 0.2) is 0 Å². The highest BCUT2D eigenvalue weighted by molar-refractivity contribution is 5.71. The number of carbonyl (C=O) groups excluding carboxylic acids is 1. The minimum atomic E-state index is -0.0689. The van der Waals surface area contributed by atoms with E-state index in [0.717, 1.165) is 0 Å². The molecular formula is C25H32NO2+. The number of hydrogen-bond donors (Lipinski definition) is 1. The molecule has 2 aliphatic heterocycles. The Kier molecular flexibility index (Phi) is 6.43. The first-order valence-corrected chi connectivity index (χ1v) is 10.9. The third kappa shape index (κ3) is 4.64. The number of ether oxygens (including phenoxy) is 1. The second-order valence-corrected chi connectivity index (χ2v) is 8.42. The molecule has 0 bridgehead atoms. The highest BCUT2D eigenvalue weighted by Gasteiger charge is 2.37. The fourth-order valence-corrected chi connectivity index (χ4v) is 5.20. The normalized spacial score (nSPS) is 24.5. The molecule has 0 aromatic heterocycles. The summed E-state index contributed by atoms with van der Waals surface area (Å²) < 4.78 is 5.85. The van der Waals surface area contributed by atoms with Crippen molar-refractivity contribution in [1.82, 2.24) is 0 Å². The minimum absolute atomic E-state index is 0.0538. The van der Waals surface area contributed by atoms with E-state index in [1.165, 1.54) is 56.3 Å². The van der Waals surface area contributed by atoms with Gasteiger partial charge in [0, 0.05) is 11.8 Å². The van der Waals surface area contributed by atoms with Gasteiger partial charge in [-0.3, -0.25) is 4.79 Å². The highest BCUT2D eigenvalue weighted by Crippen LogP contribution is 2.28. The van der Waals surface area contributed by atoms with E-state index in [4.69, 9.17) is 4.74 Å². The summed E-state index contributed by atoms with van der Waals surface area (Å²) in [5.41, 5.74) is 2.34. The number of quaternary nitrogens is 1. The van der Waals surface area contributed by atoms with Crippen molar-refractivity contribution in [2.75, 3.05) is 19.7 Å². The molecule has 0 aliphatic carbocycles. The number of esters is 1. The van der Waals surface area contributed by atoms with Gasteiger partial charge < -0.3 is 9.64 Å². The van der Waals surface area contributed by atoms with Crippen LogP contribution in [0.15, 0.2) is 60.7 Å². The van der Waals surface area contributed by atoms with Gasteiger partial charge in [0.1, 0.15) is 0 Å². The molecule has 0 radical (unpaired) electrons. The minimum Gasteiger partial charge on any atom is -0.465 e. The van der Waals surface area contributed by atoms with Crippen LogP contribution in [-0.4, -0.2) is 31.7 Å². The lowest BCUT2D eigenvalue weighted by Gasteiger charge is -2.41. The lowest BCUT2D eigenvalue weighted by atomic mass is 9.84. The maximum Gasteiger partial charge on any atom is 0.306 e. The Hall–Kier alpha value is -2.13. The van der Waals surface area contributed by atoms with E-state index in [1.54, 1.807) is 4.90 Å². The molecule has 28 heavy (non-hydrogen) atoms. The monoisotopic (exact) mass is 378 g/mol. The van der Waals surface area contributed by atoms with Crippen molar-refractivity contribution in [3.05, 3.63) is 71.8 Å². The van der Waals surface area contributed by atoms with Crippen LogP contribution in [0.2, 0.25) is 0 Å². The quantitative estimate of drug-likeness (QED) is 0.779. The highest BCUT2D eigenvalue weighted by atomic mass is 16.5. The first kappa shape index (κ1) is 19.2. The lowest BCUT2D eigenvalue weighted by Crippen LogP contribution is -3.18. The van der Waals surface area contributed by atoms with E-state index in [0.29, 0.717) is 25.0 Å². The van der Waals surface area contributed by atoms with Gasteiger partial charge in [-0.1, -0.05) is 60.7 Å². The van der Waals surface area contributed by atoms with E-state index in [-0.39, 0.29) is 11.9 Å². The standard InChI is InChI=1S/C25H31NO2/c27-25(28-19-22-14-9-17-26-16-8-7-15-24(22)26)18-23(20-10-3-1-4-11-20)21-12-5-2-6-13-21/h1-6,10-13,22-24H,7-9,14-19H2/p+1/t22-,24-/m1/s1. The van der Waals surface area contributed by atoms with Gasteiger partial charge >= 0.3 is 5.97 Å². The third-order valence-corrected chi connectivity index (χ3v) is 6.66. The number of nitrogens with one attached hydrogen (secondary N) is 1. The van der Waals surface area contributed by atoms with Crippen molar-refractivity contribution >= 4 is 5.97 Å². The maximum absolute atomic E-state index is 12.8. The van der Waals surface area contributed by atoms with Crippen LogP contribution in [0.1, 0.15) is 55.6 Å². The zero-order valence-electron chi connectivity index (χ0n) is 16.7. The molecule has 4 rings (SSSR count). The molecule has 1 N–H and O–H groups in total. The molecule has 2 aromatic rings. The Morgan fingerprint density at radius 3 is 2.21 bits per heavy atom. The topological polar surface area (TPSA) is 30.7 Å². The van der Waals surface area contributed by atoms with Crippen LogP contribution < -0.4 is 4.90 Å². The van der Waals surface area contributed by atoms with Gasteiger partial charge in [-0.25, -0.2) is 0 Å². The van der Waals surface area contributed by atoms with Crippen molar-refractivity contribution in [3.63, 3.8) is 0 Å². The SMILES string of the molecule is O=C(CC(c1ccccc1)c1ccccc1)OC[C@H]1CCC[NH+]2CCCC[C@H]12.